The van der Waals surface area contributed by atoms with Crippen LogP contribution < -0.4 is 10.7 Å². The fourth-order valence-corrected chi connectivity index (χ4v) is 4.25. The van der Waals surface area contributed by atoms with Crippen LogP contribution in [-0.2, 0) is 9.47 Å². The number of nitrogens with one attached hydrogen (secondary N) is 1. The largest absolute Gasteiger partial charge is 0.343 e. The molecule has 6 nitrogen and oxygen atoms in total. The molecule has 0 radical (unpaired) electrons. The Labute approximate surface area is 138 Å². The van der Waals surface area contributed by atoms with Crippen molar-refractivity contribution >= 4 is 17.4 Å². The number of nitrogens with zero attached hydrogens (tertiary/aromatic N) is 2. The summed E-state index contributed by atoms with van der Waals surface area (Å²) in [5.74, 6) is -1.60. The molecule has 23 heavy (non-hydrogen) atoms. The van der Waals surface area contributed by atoms with Gasteiger partial charge in [0, 0.05) is 10.9 Å². The predicted molar refractivity (Wildman–Crippen MR) is 79.7 cm³/mol. The molecule has 3 N–H and O–H groups in total. The zero-order valence-corrected chi connectivity index (χ0v) is 13.1. The van der Waals surface area contributed by atoms with E-state index in [1.807, 2.05) is 19.1 Å². The quantitative estimate of drug-likeness (QED) is 0.754. The second kappa shape index (κ2) is 4.24. The molecule has 0 unspecified atom stereocenters. The summed E-state index contributed by atoms with van der Waals surface area (Å²) in [5, 5.41) is 20.4. The van der Waals surface area contributed by atoms with Crippen LogP contribution in [0.1, 0.15) is 18.4 Å². The van der Waals surface area contributed by atoms with Crippen LogP contribution >= 0.6 is 11.6 Å². The first kappa shape index (κ1) is 14.5. The third-order valence-electron chi connectivity index (χ3n) is 5.09. The van der Waals surface area contributed by atoms with Crippen molar-refractivity contribution in [1.29, 1.82) is 10.5 Å². The molecule has 1 aromatic rings. The van der Waals surface area contributed by atoms with Crippen LogP contribution in [0.2, 0.25) is 5.02 Å². The molecule has 7 heteroatoms. The number of halogens is 1. The van der Waals surface area contributed by atoms with Gasteiger partial charge in [0.2, 0.25) is 0 Å². The molecule has 0 aromatic heterocycles. The number of hydrogen-bond acceptors (Lipinski definition) is 5. The monoisotopic (exact) mass is 329 g/mol. The van der Waals surface area contributed by atoms with E-state index >= 15 is 0 Å². The van der Waals surface area contributed by atoms with Crippen LogP contribution in [0.5, 0.6) is 0 Å². The van der Waals surface area contributed by atoms with Gasteiger partial charge in [-0.05, 0) is 24.6 Å². The Morgan fingerprint density at radius 1 is 1.30 bits per heavy atom. The second-order valence-electron chi connectivity index (χ2n) is 6.22. The van der Waals surface area contributed by atoms with Crippen molar-refractivity contribution in [1.82, 2.24) is 0 Å². The van der Waals surface area contributed by atoms with Crippen molar-refractivity contribution in [3.05, 3.63) is 34.9 Å². The lowest BCUT2D eigenvalue weighted by atomic mass is 9.94. The van der Waals surface area contributed by atoms with Crippen LogP contribution in [-0.4, -0.2) is 24.5 Å². The Bertz CT molecular complexity index is 811. The molecule has 0 amide bonds. The van der Waals surface area contributed by atoms with Crippen molar-refractivity contribution in [3.8, 4) is 12.1 Å². The Morgan fingerprint density at radius 2 is 2.00 bits per heavy atom. The average molecular weight is 330 g/mol. The molecule has 1 aliphatic carbocycles. The Morgan fingerprint density at radius 3 is 2.52 bits per heavy atom. The molecule has 0 bridgehead atoms. The Hall–Kier alpha value is -2.12. The molecule has 116 valence electrons. The van der Waals surface area contributed by atoms with Gasteiger partial charge in [-0.2, -0.15) is 10.5 Å². The van der Waals surface area contributed by atoms with Gasteiger partial charge in [0.15, 0.2) is 10.8 Å². The first-order chi connectivity index (χ1) is 11.0. The highest BCUT2D eigenvalue weighted by atomic mass is 35.5. The lowest BCUT2D eigenvalue weighted by molar-refractivity contribution is -0.677. The fourth-order valence-electron chi connectivity index (χ4n) is 4.12. The molecular formula is C16H14ClN4O2+. The summed E-state index contributed by atoms with van der Waals surface area (Å²) in [6.45, 7) is 2.18. The molecule has 1 saturated carbocycles. The summed E-state index contributed by atoms with van der Waals surface area (Å²) < 4.78 is 11.7. The molecule has 3 aliphatic rings. The average Bonchev–Trinajstić information content (AvgIpc) is 2.92. The molecule has 2 aliphatic heterocycles. The highest BCUT2D eigenvalue weighted by molar-refractivity contribution is 6.30. The molecule has 4 rings (SSSR count). The minimum Gasteiger partial charge on any atom is -0.311 e. The van der Waals surface area contributed by atoms with E-state index in [0.29, 0.717) is 11.6 Å². The van der Waals surface area contributed by atoms with Crippen molar-refractivity contribution in [2.75, 3.05) is 6.61 Å². The highest BCUT2D eigenvalue weighted by Crippen LogP contribution is 2.79. The molecular weight excluding hydrogens is 316 g/mol. The Kier molecular flexibility index (Phi) is 2.67. The van der Waals surface area contributed by atoms with Crippen molar-refractivity contribution in [2.45, 2.75) is 24.9 Å². The molecule has 1 spiro atoms. The number of amidine groups is 1. The van der Waals surface area contributed by atoms with Gasteiger partial charge in [-0.3, -0.25) is 5.73 Å². The number of rotatable bonds is 1. The Balaban J connectivity index is 1.91. The van der Waals surface area contributed by atoms with E-state index in [0.717, 1.165) is 5.56 Å². The van der Waals surface area contributed by atoms with Crippen LogP contribution in [0.25, 0.3) is 0 Å². The van der Waals surface area contributed by atoms with Gasteiger partial charge in [0.25, 0.3) is 5.84 Å². The first-order valence-electron chi connectivity index (χ1n) is 7.28. The van der Waals surface area contributed by atoms with Gasteiger partial charge >= 0.3 is 5.91 Å². The molecule has 5 atom stereocenters. The summed E-state index contributed by atoms with van der Waals surface area (Å²) >= 11 is 5.94. The predicted octanol–water partition coefficient (Wildman–Crippen LogP) is -0.00234. The normalized spacial score (nSPS) is 43.6. The highest BCUT2D eigenvalue weighted by Gasteiger charge is 2.97. The number of fused-ring (bicyclic) bond motifs is 2. The van der Waals surface area contributed by atoms with Gasteiger partial charge in [-0.25, -0.2) is 4.99 Å². The van der Waals surface area contributed by atoms with Crippen LogP contribution in [0.4, 0.5) is 0 Å². The fraction of sp³-hybridized carbons (Fsp3) is 0.438. The van der Waals surface area contributed by atoms with E-state index in [-0.39, 0.29) is 11.9 Å². The maximum Gasteiger partial charge on any atom is 0.343 e. The summed E-state index contributed by atoms with van der Waals surface area (Å²) in [4.78, 5) is 2.93. The first-order valence-corrected chi connectivity index (χ1v) is 7.66. The number of nitriles is 2. The van der Waals surface area contributed by atoms with E-state index in [2.05, 4.69) is 17.1 Å². The van der Waals surface area contributed by atoms with Gasteiger partial charge in [0.05, 0.1) is 24.8 Å². The van der Waals surface area contributed by atoms with Gasteiger partial charge in [-0.15, -0.1) is 0 Å². The van der Waals surface area contributed by atoms with E-state index < -0.39 is 22.7 Å². The SMILES string of the molecule is C[C@@H]1CO[C@@]2([NH+]=C(N)[C@@]3(C#N)[C@@H](c4ccc(Cl)cc4)[C@@]23C#N)O1. The maximum absolute atomic E-state index is 9.98. The van der Waals surface area contributed by atoms with Crippen molar-refractivity contribution in [2.24, 2.45) is 16.6 Å². The van der Waals surface area contributed by atoms with Crippen LogP contribution in [0.3, 0.4) is 0 Å². The lowest BCUT2D eigenvalue weighted by Gasteiger charge is -2.23. The number of ether oxygens (including phenoxy) is 2. The summed E-state index contributed by atoms with van der Waals surface area (Å²) in [7, 11) is 0. The molecule has 2 heterocycles. The zero-order chi connectivity index (χ0) is 16.5. The topological polar surface area (TPSA) is 106 Å². The number of nitrogens with two attached hydrogens (primary N) is 1. The third-order valence-corrected chi connectivity index (χ3v) is 5.34. The van der Waals surface area contributed by atoms with Gasteiger partial charge in [0.1, 0.15) is 0 Å². The van der Waals surface area contributed by atoms with Gasteiger partial charge < -0.3 is 9.47 Å². The van der Waals surface area contributed by atoms with Crippen molar-refractivity contribution in [3.63, 3.8) is 0 Å². The minimum absolute atomic E-state index is 0.193. The van der Waals surface area contributed by atoms with Crippen LogP contribution in [0.15, 0.2) is 24.3 Å². The van der Waals surface area contributed by atoms with E-state index in [4.69, 9.17) is 26.8 Å². The van der Waals surface area contributed by atoms with E-state index in [1.54, 1.807) is 12.1 Å². The smallest absolute Gasteiger partial charge is 0.311 e. The van der Waals surface area contributed by atoms with Crippen molar-refractivity contribution < 1.29 is 14.5 Å². The molecule has 2 fully saturated rings. The zero-order valence-electron chi connectivity index (χ0n) is 12.3. The summed E-state index contributed by atoms with van der Waals surface area (Å²) in [6.07, 6.45) is -0.193. The summed E-state index contributed by atoms with van der Waals surface area (Å²) in [6, 6.07) is 11.6. The number of benzene rings is 1. The van der Waals surface area contributed by atoms with Crippen LogP contribution in [0, 0.1) is 33.5 Å². The maximum atomic E-state index is 9.98. The minimum atomic E-state index is -1.38. The van der Waals surface area contributed by atoms with Gasteiger partial charge in [-0.1, -0.05) is 23.7 Å². The van der Waals surface area contributed by atoms with E-state index in [1.165, 1.54) is 0 Å². The standard InChI is InChI=1S/C16H13ClN4O2/c1-9-6-22-16(23-9)15(8-19)12(10-2-4-11(17)5-3-10)14(15,7-18)13(20)21-16/h2-5,9,12H,6H2,1H3,(H2,20,21)/p+1/t9-,12-,14-,15-,16-/m1/s1. The second-order valence-corrected chi connectivity index (χ2v) is 6.66. The van der Waals surface area contributed by atoms with E-state index in [9.17, 15) is 10.5 Å². The lowest BCUT2D eigenvalue weighted by Crippen LogP contribution is -2.90. The summed E-state index contributed by atoms with van der Waals surface area (Å²) in [5.41, 5.74) is 4.54. The third kappa shape index (κ3) is 1.38. The molecule has 1 aromatic carbocycles. The molecule has 1 saturated heterocycles. The number of hydrogen-bond donors (Lipinski definition) is 2.